The molecule has 0 aliphatic carbocycles. The molecule has 0 aliphatic rings. The van der Waals surface area contributed by atoms with Crippen LogP contribution in [0.3, 0.4) is 0 Å². The fraction of sp³-hybridized carbons (Fsp3) is 0.909. The molecule has 0 bridgehead atoms. The van der Waals surface area contributed by atoms with Crippen LogP contribution in [0.4, 0.5) is 0 Å². The first-order valence-electron chi connectivity index (χ1n) is 10.5. The highest BCUT2D eigenvalue weighted by Crippen LogP contribution is 2.41. The van der Waals surface area contributed by atoms with Crippen molar-refractivity contribution in [3.63, 3.8) is 0 Å². The lowest BCUT2D eigenvalue weighted by molar-refractivity contribution is 0.219. The zero-order valence-corrected chi connectivity index (χ0v) is 16.6. The van der Waals surface area contributed by atoms with E-state index < -0.39 is 5.41 Å². The zero-order valence-electron chi connectivity index (χ0n) is 16.6. The Labute approximate surface area is 151 Å². The molecule has 0 saturated heterocycles. The number of nitriles is 2. The number of nitrogens with zero attached hydrogens (tertiary/aromatic N) is 2. The van der Waals surface area contributed by atoms with Gasteiger partial charge >= 0.3 is 0 Å². The van der Waals surface area contributed by atoms with Crippen LogP contribution in [0.1, 0.15) is 117 Å². The van der Waals surface area contributed by atoms with E-state index in [1.807, 2.05) is 0 Å². The minimum absolute atomic E-state index is 0.0809. The Balaban J connectivity index is 4.80. The summed E-state index contributed by atoms with van der Waals surface area (Å²) >= 11 is 0. The second-order valence-corrected chi connectivity index (χ2v) is 7.42. The largest absolute Gasteiger partial charge is 0.198 e. The Morgan fingerprint density at radius 1 is 0.667 bits per heavy atom. The predicted octanol–water partition coefficient (Wildman–Crippen LogP) is 7.55. The van der Waals surface area contributed by atoms with E-state index in [2.05, 4.69) is 32.9 Å². The summed E-state index contributed by atoms with van der Waals surface area (Å²) in [6.07, 6.45) is 17.0. The van der Waals surface area contributed by atoms with E-state index in [4.69, 9.17) is 0 Å². The molecule has 1 unspecified atom stereocenters. The maximum Gasteiger partial charge on any atom is 0.0731 e. The van der Waals surface area contributed by atoms with Gasteiger partial charge in [-0.2, -0.15) is 10.5 Å². The molecule has 0 aromatic rings. The summed E-state index contributed by atoms with van der Waals surface area (Å²) in [7, 11) is 0. The third-order valence-electron chi connectivity index (χ3n) is 5.34. The molecule has 2 heteroatoms. The lowest BCUT2D eigenvalue weighted by Gasteiger charge is -2.31. The van der Waals surface area contributed by atoms with E-state index in [0.29, 0.717) is 0 Å². The van der Waals surface area contributed by atoms with Gasteiger partial charge in [0.05, 0.1) is 23.5 Å². The summed E-state index contributed by atoms with van der Waals surface area (Å²) in [6, 6.07) is 5.17. The van der Waals surface area contributed by atoms with E-state index in [1.165, 1.54) is 57.8 Å². The standard InChI is InChI=1S/C22H40N2/c1-4-7-10-13-16-21(19-23)22(20-24,17-14-11-8-5-2)18-15-12-9-6-3/h21H,4-18H2,1-3H3. The molecular formula is C22H40N2. The van der Waals surface area contributed by atoms with Crippen molar-refractivity contribution in [3.05, 3.63) is 0 Å². The Kier molecular flexibility index (Phi) is 14.8. The van der Waals surface area contributed by atoms with Crippen molar-refractivity contribution >= 4 is 0 Å². The fourth-order valence-electron chi connectivity index (χ4n) is 3.64. The van der Waals surface area contributed by atoms with Gasteiger partial charge in [0.25, 0.3) is 0 Å². The Bertz CT molecular complexity index is 349. The van der Waals surface area contributed by atoms with Gasteiger partial charge in [0, 0.05) is 0 Å². The third kappa shape index (κ3) is 9.32. The lowest BCUT2D eigenvalue weighted by atomic mass is 9.68. The first-order chi connectivity index (χ1) is 11.7. The highest BCUT2D eigenvalue weighted by molar-refractivity contribution is 5.09. The van der Waals surface area contributed by atoms with Crippen LogP contribution in [0.15, 0.2) is 0 Å². The quantitative estimate of drug-likeness (QED) is 0.274. The van der Waals surface area contributed by atoms with Crippen LogP contribution in [-0.2, 0) is 0 Å². The highest BCUT2D eigenvalue weighted by atomic mass is 14.4. The van der Waals surface area contributed by atoms with Gasteiger partial charge in [-0.3, -0.25) is 0 Å². The first-order valence-corrected chi connectivity index (χ1v) is 10.5. The van der Waals surface area contributed by atoms with E-state index in [1.54, 1.807) is 0 Å². The van der Waals surface area contributed by atoms with Crippen molar-refractivity contribution in [2.45, 2.75) is 117 Å². The Morgan fingerprint density at radius 3 is 1.50 bits per heavy atom. The molecule has 0 spiro atoms. The van der Waals surface area contributed by atoms with Gasteiger partial charge in [-0.25, -0.2) is 0 Å². The normalized spacial score (nSPS) is 12.5. The molecule has 0 radical (unpaired) electrons. The molecule has 24 heavy (non-hydrogen) atoms. The summed E-state index contributed by atoms with van der Waals surface area (Å²) in [5.41, 5.74) is -0.400. The van der Waals surface area contributed by atoms with Gasteiger partial charge in [-0.15, -0.1) is 0 Å². The predicted molar refractivity (Wildman–Crippen MR) is 103 cm³/mol. The van der Waals surface area contributed by atoms with Gasteiger partial charge in [0.1, 0.15) is 0 Å². The van der Waals surface area contributed by atoms with Gasteiger partial charge in [0.15, 0.2) is 0 Å². The minimum Gasteiger partial charge on any atom is -0.198 e. The molecule has 0 aromatic carbocycles. The Hall–Kier alpha value is -1.02. The summed E-state index contributed by atoms with van der Waals surface area (Å²) < 4.78 is 0. The molecule has 0 aromatic heterocycles. The summed E-state index contributed by atoms with van der Waals surface area (Å²) in [4.78, 5) is 0. The van der Waals surface area contributed by atoms with Crippen LogP contribution in [-0.4, -0.2) is 0 Å². The zero-order chi connectivity index (χ0) is 18.1. The van der Waals surface area contributed by atoms with Gasteiger partial charge in [0.2, 0.25) is 0 Å². The molecule has 0 heterocycles. The van der Waals surface area contributed by atoms with Crippen molar-refractivity contribution in [1.82, 2.24) is 0 Å². The van der Waals surface area contributed by atoms with Crippen LogP contribution in [0.25, 0.3) is 0 Å². The minimum atomic E-state index is -0.400. The van der Waals surface area contributed by atoms with Crippen LogP contribution in [0.5, 0.6) is 0 Å². The van der Waals surface area contributed by atoms with Crippen molar-refractivity contribution in [2.24, 2.45) is 11.3 Å². The van der Waals surface area contributed by atoms with Crippen molar-refractivity contribution in [3.8, 4) is 12.1 Å². The fourth-order valence-corrected chi connectivity index (χ4v) is 3.64. The van der Waals surface area contributed by atoms with E-state index >= 15 is 0 Å². The topological polar surface area (TPSA) is 47.6 Å². The maximum atomic E-state index is 9.99. The number of rotatable bonds is 16. The number of hydrogen-bond acceptors (Lipinski definition) is 2. The molecule has 0 rings (SSSR count). The van der Waals surface area contributed by atoms with Crippen molar-refractivity contribution in [2.75, 3.05) is 0 Å². The molecule has 1 atom stereocenters. The van der Waals surface area contributed by atoms with E-state index in [-0.39, 0.29) is 5.92 Å². The van der Waals surface area contributed by atoms with E-state index in [0.717, 1.165) is 38.5 Å². The van der Waals surface area contributed by atoms with Gasteiger partial charge in [-0.1, -0.05) is 97.8 Å². The third-order valence-corrected chi connectivity index (χ3v) is 5.34. The molecule has 0 aliphatic heterocycles. The van der Waals surface area contributed by atoms with Crippen LogP contribution in [0, 0.1) is 34.0 Å². The monoisotopic (exact) mass is 332 g/mol. The maximum absolute atomic E-state index is 9.99. The SMILES string of the molecule is CCCCCCC(C#N)C(C#N)(CCCCCC)CCCCCC. The lowest BCUT2D eigenvalue weighted by Crippen LogP contribution is -2.29. The summed E-state index contributed by atoms with van der Waals surface area (Å²) in [5, 5.41) is 19.7. The van der Waals surface area contributed by atoms with E-state index in [9.17, 15) is 10.5 Å². The molecule has 0 amide bonds. The van der Waals surface area contributed by atoms with Crippen molar-refractivity contribution < 1.29 is 0 Å². The van der Waals surface area contributed by atoms with Crippen molar-refractivity contribution in [1.29, 1.82) is 10.5 Å². The van der Waals surface area contributed by atoms with Crippen LogP contribution < -0.4 is 0 Å². The van der Waals surface area contributed by atoms with Crippen LogP contribution in [0.2, 0.25) is 0 Å². The van der Waals surface area contributed by atoms with Crippen LogP contribution >= 0.6 is 0 Å². The molecule has 2 nitrogen and oxygen atoms in total. The average Bonchev–Trinajstić information content (AvgIpc) is 2.61. The second kappa shape index (κ2) is 15.5. The number of hydrogen-bond donors (Lipinski definition) is 0. The summed E-state index contributed by atoms with van der Waals surface area (Å²) in [6.45, 7) is 6.64. The second-order valence-electron chi connectivity index (χ2n) is 7.42. The van der Waals surface area contributed by atoms with Gasteiger partial charge < -0.3 is 0 Å². The molecule has 138 valence electrons. The molecular weight excluding hydrogens is 292 g/mol. The highest BCUT2D eigenvalue weighted by Gasteiger charge is 2.38. The Morgan fingerprint density at radius 2 is 1.12 bits per heavy atom. The average molecular weight is 333 g/mol. The molecule has 0 fully saturated rings. The molecule has 0 saturated carbocycles. The number of unbranched alkanes of at least 4 members (excludes halogenated alkanes) is 9. The summed E-state index contributed by atoms with van der Waals surface area (Å²) in [5.74, 6) is -0.0809. The van der Waals surface area contributed by atoms with Gasteiger partial charge in [-0.05, 0) is 19.3 Å². The molecule has 0 N–H and O–H groups in total. The smallest absolute Gasteiger partial charge is 0.0731 e. The first kappa shape index (κ1) is 23.0.